The van der Waals surface area contributed by atoms with Crippen LogP contribution in [0, 0.1) is 0 Å². The average Bonchev–Trinajstić information content (AvgIpc) is 2.94. The van der Waals surface area contributed by atoms with E-state index in [1.165, 1.54) is 11.8 Å². The maximum Gasteiger partial charge on any atom is 0.313 e. The first-order valence-electron chi connectivity index (χ1n) is 6.00. The molecule has 0 bridgehead atoms. The number of thioether (sulfide) groups is 1. The number of carbonyl (C=O) groups is 1. The van der Waals surface area contributed by atoms with Gasteiger partial charge in [0.2, 0.25) is 0 Å². The van der Waals surface area contributed by atoms with Crippen LogP contribution >= 0.6 is 11.8 Å². The Morgan fingerprint density at radius 1 is 1.61 bits per heavy atom. The average molecular weight is 271 g/mol. The van der Waals surface area contributed by atoms with Crippen molar-refractivity contribution >= 4 is 17.7 Å². The molecule has 0 amide bonds. The molecule has 1 aliphatic rings. The molecule has 1 aliphatic heterocycles. The molecule has 1 saturated heterocycles. The number of hydrogen-bond acceptors (Lipinski definition) is 5. The van der Waals surface area contributed by atoms with Crippen molar-refractivity contribution in [2.45, 2.75) is 44.0 Å². The zero-order valence-corrected chi connectivity index (χ0v) is 11.3. The summed E-state index contributed by atoms with van der Waals surface area (Å²) in [5.41, 5.74) is 0. The molecule has 1 unspecified atom stereocenters. The zero-order chi connectivity index (χ0) is 13.1. The lowest BCUT2D eigenvalue weighted by molar-refractivity contribution is -0.133. The predicted octanol–water partition coefficient (Wildman–Crippen LogP) is 1.89. The Hall–Kier alpha value is -1.08. The summed E-state index contributed by atoms with van der Waals surface area (Å²) in [6.07, 6.45) is 1.99. The van der Waals surface area contributed by atoms with Gasteiger partial charge in [-0.3, -0.25) is 4.79 Å². The first kappa shape index (κ1) is 13.4. The minimum Gasteiger partial charge on any atom is -0.481 e. The number of nitrogens with zero attached hydrogens (tertiary/aromatic N) is 3. The SMILES string of the molecule is CC(C)n1c(SCC(=O)O)nnc1C1CCCO1. The van der Waals surface area contributed by atoms with Crippen molar-refractivity contribution in [2.75, 3.05) is 12.4 Å². The zero-order valence-electron chi connectivity index (χ0n) is 10.5. The predicted molar refractivity (Wildman–Crippen MR) is 66.7 cm³/mol. The van der Waals surface area contributed by atoms with Crippen LogP contribution in [0.25, 0.3) is 0 Å². The fraction of sp³-hybridized carbons (Fsp3) is 0.727. The highest BCUT2D eigenvalue weighted by Gasteiger charge is 2.26. The molecule has 0 spiro atoms. The van der Waals surface area contributed by atoms with Gasteiger partial charge in [-0.1, -0.05) is 11.8 Å². The molecule has 1 N–H and O–H groups in total. The van der Waals surface area contributed by atoms with Gasteiger partial charge in [0, 0.05) is 12.6 Å². The molecule has 6 nitrogen and oxygen atoms in total. The third-order valence-electron chi connectivity index (χ3n) is 2.75. The Bertz CT molecular complexity index is 427. The maximum absolute atomic E-state index is 10.6. The van der Waals surface area contributed by atoms with Crippen molar-refractivity contribution in [3.05, 3.63) is 5.82 Å². The highest BCUT2D eigenvalue weighted by atomic mass is 32.2. The van der Waals surface area contributed by atoms with Gasteiger partial charge in [0.15, 0.2) is 11.0 Å². The molecule has 18 heavy (non-hydrogen) atoms. The fourth-order valence-corrected chi connectivity index (χ4v) is 2.79. The Kier molecular flexibility index (Phi) is 4.23. The van der Waals surface area contributed by atoms with Crippen LogP contribution in [0.15, 0.2) is 5.16 Å². The quantitative estimate of drug-likeness (QED) is 0.824. The molecule has 1 aromatic heterocycles. The summed E-state index contributed by atoms with van der Waals surface area (Å²) >= 11 is 1.20. The Balaban J connectivity index is 2.22. The van der Waals surface area contributed by atoms with Gasteiger partial charge < -0.3 is 14.4 Å². The van der Waals surface area contributed by atoms with E-state index in [-0.39, 0.29) is 17.9 Å². The van der Waals surface area contributed by atoms with Gasteiger partial charge in [0.05, 0.1) is 5.75 Å². The van der Waals surface area contributed by atoms with Crippen LogP contribution in [0.5, 0.6) is 0 Å². The highest BCUT2D eigenvalue weighted by molar-refractivity contribution is 7.99. The first-order valence-corrected chi connectivity index (χ1v) is 6.99. The lowest BCUT2D eigenvalue weighted by atomic mass is 10.2. The lowest BCUT2D eigenvalue weighted by Crippen LogP contribution is -2.12. The van der Waals surface area contributed by atoms with E-state index in [4.69, 9.17) is 9.84 Å². The van der Waals surface area contributed by atoms with Crippen LogP contribution < -0.4 is 0 Å². The van der Waals surface area contributed by atoms with Crippen molar-refractivity contribution in [3.8, 4) is 0 Å². The molecular formula is C11H17N3O3S. The van der Waals surface area contributed by atoms with Crippen molar-refractivity contribution in [1.82, 2.24) is 14.8 Å². The largest absolute Gasteiger partial charge is 0.481 e. The van der Waals surface area contributed by atoms with Crippen LogP contribution in [0.2, 0.25) is 0 Å². The molecule has 7 heteroatoms. The van der Waals surface area contributed by atoms with Gasteiger partial charge in [0.25, 0.3) is 0 Å². The third-order valence-corrected chi connectivity index (χ3v) is 3.68. The van der Waals surface area contributed by atoms with Gasteiger partial charge in [-0.15, -0.1) is 10.2 Å². The number of ether oxygens (including phenoxy) is 1. The molecule has 1 fully saturated rings. The van der Waals surface area contributed by atoms with E-state index >= 15 is 0 Å². The molecule has 0 aromatic carbocycles. The third kappa shape index (κ3) is 2.84. The Labute approximate surface area is 110 Å². The van der Waals surface area contributed by atoms with Crippen LogP contribution in [0.1, 0.15) is 44.7 Å². The van der Waals surface area contributed by atoms with E-state index in [1.54, 1.807) is 0 Å². The van der Waals surface area contributed by atoms with Gasteiger partial charge in [-0.25, -0.2) is 0 Å². The van der Waals surface area contributed by atoms with E-state index < -0.39 is 5.97 Å². The molecule has 0 saturated carbocycles. The Morgan fingerprint density at radius 3 is 2.94 bits per heavy atom. The summed E-state index contributed by atoms with van der Waals surface area (Å²) in [6, 6.07) is 0.190. The number of carboxylic acids is 1. The topological polar surface area (TPSA) is 77.2 Å². The van der Waals surface area contributed by atoms with Crippen LogP contribution in [0.4, 0.5) is 0 Å². The molecule has 0 radical (unpaired) electrons. The van der Waals surface area contributed by atoms with Crippen molar-refractivity contribution in [3.63, 3.8) is 0 Å². The van der Waals surface area contributed by atoms with Gasteiger partial charge in [-0.2, -0.15) is 0 Å². The molecule has 100 valence electrons. The maximum atomic E-state index is 10.6. The van der Waals surface area contributed by atoms with Gasteiger partial charge >= 0.3 is 5.97 Å². The number of carboxylic acid groups (broad SMARTS) is 1. The monoisotopic (exact) mass is 271 g/mol. The summed E-state index contributed by atoms with van der Waals surface area (Å²) in [7, 11) is 0. The van der Waals surface area contributed by atoms with Gasteiger partial charge in [0.1, 0.15) is 6.10 Å². The molecular weight excluding hydrogens is 254 g/mol. The van der Waals surface area contributed by atoms with Crippen LogP contribution in [-0.2, 0) is 9.53 Å². The summed E-state index contributed by atoms with van der Waals surface area (Å²) < 4.78 is 7.60. The first-order chi connectivity index (χ1) is 8.59. The molecule has 2 heterocycles. The van der Waals surface area contributed by atoms with Crippen LogP contribution in [0.3, 0.4) is 0 Å². The Morgan fingerprint density at radius 2 is 2.39 bits per heavy atom. The lowest BCUT2D eigenvalue weighted by Gasteiger charge is -2.16. The number of aromatic nitrogens is 3. The smallest absolute Gasteiger partial charge is 0.313 e. The normalized spacial score (nSPS) is 19.6. The number of rotatable bonds is 5. The van der Waals surface area contributed by atoms with Crippen molar-refractivity contribution < 1.29 is 14.6 Å². The standard InChI is InChI=1S/C11H17N3O3S/c1-7(2)14-10(8-4-3-5-17-8)12-13-11(14)18-6-9(15)16/h7-8H,3-6H2,1-2H3,(H,15,16). The highest BCUT2D eigenvalue weighted by Crippen LogP contribution is 2.31. The molecule has 2 rings (SSSR count). The summed E-state index contributed by atoms with van der Waals surface area (Å²) in [5.74, 6) is -0.0384. The van der Waals surface area contributed by atoms with E-state index in [2.05, 4.69) is 10.2 Å². The molecule has 0 aliphatic carbocycles. The summed E-state index contributed by atoms with van der Waals surface area (Å²) in [5, 5.41) is 17.6. The summed E-state index contributed by atoms with van der Waals surface area (Å²) in [6.45, 7) is 4.83. The second kappa shape index (κ2) is 5.71. The van der Waals surface area contributed by atoms with E-state index in [9.17, 15) is 4.79 Å². The van der Waals surface area contributed by atoms with Gasteiger partial charge in [-0.05, 0) is 26.7 Å². The molecule has 1 atom stereocenters. The fourth-order valence-electron chi connectivity index (χ4n) is 2.00. The minimum absolute atomic E-state index is 0.000854. The van der Waals surface area contributed by atoms with E-state index in [1.807, 2.05) is 18.4 Å². The van der Waals surface area contributed by atoms with E-state index in [0.717, 1.165) is 25.3 Å². The van der Waals surface area contributed by atoms with Crippen molar-refractivity contribution in [2.24, 2.45) is 0 Å². The number of hydrogen-bond donors (Lipinski definition) is 1. The van der Waals surface area contributed by atoms with Crippen molar-refractivity contribution in [1.29, 1.82) is 0 Å². The second-order valence-electron chi connectivity index (χ2n) is 4.49. The second-order valence-corrected chi connectivity index (χ2v) is 5.43. The molecule has 1 aromatic rings. The van der Waals surface area contributed by atoms with E-state index in [0.29, 0.717) is 5.16 Å². The number of aliphatic carboxylic acids is 1. The van der Waals surface area contributed by atoms with Crippen LogP contribution in [-0.4, -0.2) is 38.2 Å². The minimum atomic E-state index is -0.850. The summed E-state index contributed by atoms with van der Waals surface area (Å²) in [4.78, 5) is 10.6.